The Morgan fingerprint density at radius 1 is 1.26 bits per heavy atom. The highest BCUT2D eigenvalue weighted by molar-refractivity contribution is 7.93. The van der Waals surface area contributed by atoms with Crippen LogP contribution in [0.3, 0.4) is 0 Å². The molecule has 0 atom stereocenters. The van der Waals surface area contributed by atoms with Crippen molar-refractivity contribution in [2.75, 3.05) is 22.7 Å². The Kier molecular flexibility index (Phi) is 3.56. The SMILES string of the molecule is O=C1NCCN1c1ccc(NS(=O)(=O)C(F)F)cc1. The molecule has 1 aliphatic heterocycles. The molecule has 2 amide bonds. The first kappa shape index (κ1) is 13.5. The third-order valence-electron chi connectivity index (χ3n) is 2.53. The molecule has 0 spiro atoms. The lowest BCUT2D eigenvalue weighted by Crippen LogP contribution is -2.27. The minimum absolute atomic E-state index is 0.0173. The second kappa shape index (κ2) is 5.00. The van der Waals surface area contributed by atoms with Gasteiger partial charge in [-0.25, -0.2) is 13.2 Å². The van der Waals surface area contributed by atoms with Crippen LogP contribution in [-0.2, 0) is 10.0 Å². The molecule has 0 unspecified atom stereocenters. The number of hydrogen-bond acceptors (Lipinski definition) is 3. The van der Waals surface area contributed by atoms with Gasteiger partial charge in [0.15, 0.2) is 0 Å². The third kappa shape index (κ3) is 2.92. The smallest absolute Gasteiger partial charge is 0.336 e. The number of carbonyl (C=O) groups is 1. The van der Waals surface area contributed by atoms with E-state index in [1.165, 1.54) is 29.2 Å². The maximum atomic E-state index is 12.2. The number of rotatable bonds is 4. The molecule has 1 aromatic carbocycles. The number of hydrogen-bond donors (Lipinski definition) is 2. The predicted octanol–water partition coefficient (Wildman–Crippen LogP) is 1.18. The molecular weight excluding hydrogens is 280 g/mol. The zero-order valence-corrected chi connectivity index (χ0v) is 10.5. The Morgan fingerprint density at radius 2 is 1.89 bits per heavy atom. The highest BCUT2D eigenvalue weighted by Crippen LogP contribution is 2.21. The van der Waals surface area contributed by atoms with E-state index in [0.717, 1.165) is 0 Å². The van der Waals surface area contributed by atoms with Crippen LogP contribution in [0.1, 0.15) is 0 Å². The van der Waals surface area contributed by atoms with Gasteiger partial charge in [0.2, 0.25) is 0 Å². The lowest BCUT2D eigenvalue weighted by Gasteiger charge is -2.14. The van der Waals surface area contributed by atoms with Gasteiger partial charge >= 0.3 is 11.8 Å². The topological polar surface area (TPSA) is 78.5 Å². The average Bonchev–Trinajstić information content (AvgIpc) is 2.76. The van der Waals surface area contributed by atoms with Crippen LogP contribution in [0.15, 0.2) is 24.3 Å². The Bertz CT molecular complexity index is 574. The zero-order chi connectivity index (χ0) is 14.0. The average molecular weight is 291 g/mol. The molecule has 0 bridgehead atoms. The fourth-order valence-corrected chi connectivity index (χ4v) is 2.19. The molecular formula is C10H11F2N3O3S. The Balaban J connectivity index is 2.13. The van der Waals surface area contributed by atoms with Crippen molar-refractivity contribution in [1.82, 2.24) is 5.32 Å². The van der Waals surface area contributed by atoms with Crippen molar-refractivity contribution in [3.63, 3.8) is 0 Å². The van der Waals surface area contributed by atoms with Crippen LogP contribution in [0.2, 0.25) is 0 Å². The molecule has 1 fully saturated rings. The van der Waals surface area contributed by atoms with Gasteiger partial charge in [-0.15, -0.1) is 0 Å². The van der Waals surface area contributed by atoms with Gasteiger partial charge in [-0.1, -0.05) is 0 Å². The fourth-order valence-electron chi connectivity index (χ4n) is 1.64. The molecule has 0 aromatic heterocycles. The molecule has 104 valence electrons. The number of amides is 2. The minimum atomic E-state index is -4.67. The molecule has 0 saturated carbocycles. The van der Waals surface area contributed by atoms with Gasteiger partial charge in [0.05, 0.1) is 0 Å². The lowest BCUT2D eigenvalue weighted by molar-refractivity contribution is 0.236. The maximum absolute atomic E-state index is 12.2. The van der Waals surface area contributed by atoms with Crippen molar-refractivity contribution in [1.29, 1.82) is 0 Å². The fraction of sp³-hybridized carbons (Fsp3) is 0.300. The van der Waals surface area contributed by atoms with Crippen molar-refractivity contribution in [3.05, 3.63) is 24.3 Å². The van der Waals surface area contributed by atoms with Gasteiger partial charge in [0.1, 0.15) is 0 Å². The van der Waals surface area contributed by atoms with Crippen LogP contribution in [0.4, 0.5) is 25.0 Å². The Morgan fingerprint density at radius 3 is 2.37 bits per heavy atom. The number of carbonyl (C=O) groups excluding carboxylic acids is 1. The molecule has 2 rings (SSSR count). The van der Waals surface area contributed by atoms with Gasteiger partial charge in [-0.2, -0.15) is 8.78 Å². The van der Waals surface area contributed by atoms with Crippen LogP contribution >= 0.6 is 0 Å². The third-order valence-corrected chi connectivity index (χ3v) is 3.52. The van der Waals surface area contributed by atoms with Crippen LogP contribution in [0, 0.1) is 0 Å². The summed E-state index contributed by atoms with van der Waals surface area (Å²) in [5.74, 6) is -3.49. The summed E-state index contributed by atoms with van der Waals surface area (Å²) >= 11 is 0. The normalized spacial score (nSPS) is 15.7. The lowest BCUT2D eigenvalue weighted by atomic mass is 10.2. The van der Waals surface area contributed by atoms with E-state index < -0.39 is 15.8 Å². The molecule has 0 radical (unpaired) electrons. The van der Waals surface area contributed by atoms with Crippen molar-refractivity contribution in [2.24, 2.45) is 0 Å². The molecule has 0 aliphatic carbocycles. The van der Waals surface area contributed by atoms with Crippen molar-refractivity contribution < 1.29 is 22.0 Å². The molecule has 1 aromatic rings. The van der Waals surface area contributed by atoms with Gasteiger partial charge in [-0.05, 0) is 24.3 Å². The number of nitrogens with zero attached hydrogens (tertiary/aromatic N) is 1. The summed E-state index contributed by atoms with van der Waals surface area (Å²) in [5.41, 5.74) is 0.582. The van der Waals surface area contributed by atoms with E-state index in [0.29, 0.717) is 18.8 Å². The molecule has 9 heteroatoms. The van der Waals surface area contributed by atoms with E-state index in [1.807, 2.05) is 0 Å². The van der Waals surface area contributed by atoms with E-state index in [-0.39, 0.29) is 11.7 Å². The number of halogens is 2. The maximum Gasteiger partial charge on any atom is 0.355 e. The highest BCUT2D eigenvalue weighted by Gasteiger charge is 2.24. The minimum Gasteiger partial charge on any atom is -0.336 e. The van der Waals surface area contributed by atoms with E-state index >= 15 is 0 Å². The van der Waals surface area contributed by atoms with Crippen LogP contribution < -0.4 is 14.9 Å². The van der Waals surface area contributed by atoms with Crippen molar-refractivity contribution in [2.45, 2.75) is 5.76 Å². The molecule has 19 heavy (non-hydrogen) atoms. The number of benzene rings is 1. The monoisotopic (exact) mass is 291 g/mol. The summed E-state index contributed by atoms with van der Waals surface area (Å²) in [6.45, 7) is 1.03. The first-order valence-electron chi connectivity index (χ1n) is 5.35. The number of alkyl halides is 2. The molecule has 1 heterocycles. The van der Waals surface area contributed by atoms with E-state index in [4.69, 9.17) is 0 Å². The Hall–Kier alpha value is -1.90. The first-order valence-corrected chi connectivity index (χ1v) is 6.90. The van der Waals surface area contributed by atoms with Gasteiger partial charge in [0.25, 0.3) is 10.0 Å². The van der Waals surface area contributed by atoms with Crippen LogP contribution in [0.25, 0.3) is 0 Å². The number of anilines is 2. The number of urea groups is 1. The second-order valence-electron chi connectivity index (χ2n) is 3.84. The predicted molar refractivity (Wildman–Crippen MR) is 65.7 cm³/mol. The Labute approximate surface area is 108 Å². The van der Waals surface area contributed by atoms with Gasteiger partial charge < -0.3 is 5.32 Å². The van der Waals surface area contributed by atoms with Crippen LogP contribution in [0.5, 0.6) is 0 Å². The standard InChI is InChI=1S/C10H11F2N3O3S/c11-9(12)19(17,18)14-7-1-3-8(4-2-7)15-6-5-13-10(15)16/h1-4,9,14H,5-6H2,(H,13,16). The first-order chi connectivity index (χ1) is 8.90. The molecule has 2 N–H and O–H groups in total. The summed E-state index contributed by atoms with van der Waals surface area (Å²) in [7, 11) is -4.67. The van der Waals surface area contributed by atoms with Gasteiger partial charge in [0, 0.05) is 24.5 Å². The van der Waals surface area contributed by atoms with E-state index in [2.05, 4.69) is 5.32 Å². The van der Waals surface area contributed by atoms with Crippen molar-refractivity contribution in [3.8, 4) is 0 Å². The molecule has 6 nitrogen and oxygen atoms in total. The van der Waals surface area contributed by atoms with Gasteiger partial charge in [-0.3, -0.25) is 9.62 Å². The van der Waals surface area contributed by atoms with Crippen molar-refractivity contribution >= 4 is 27.4 Å². The summed E-state index contributed by atoms with van der Waals surface area (Å²) in [5, 5.41) is 2.61. The largest absolute Gasteiger partial charge is 0.355 e. The highest BCUT2D eigenvalue weighted by atomic mass is 32.2. The quantitative estimate of drug-likeness (QED) is 0.874. The second-order valence-corrected chi connectivity index (χ2v) is 5.49. The zero-order valence-electron chi connectivity index (χ0n) is 9.64. The summed E-state index contributed by atoms with van der Waals surface area (Å²) in [6.07, 6.45) is 0. The van der Waals surface area contributed by atoms with E-state index in [1.54, 1.807) is 4.72 Å². The summed E-state index contributed by atoms with van der Waals surface area (Å²) < 4.78 is 48.0. The molecule has 1 saturated heterocycles. The summed E-state index contributed by atoms with van der Waals surface area (Å²) in [4.78, 5) is 12.8. The summed E-state index contributed by atoms with van der Waals surface area (Å²) in [6, 6.07) is 5.35. The van der Waals surface area contributed by atoms with Crippen LogP contribution in [-0.4, -0.2) is 33.3 Å². The molecule has 1 aliphatic rings. The van der Waals surface area contributed by atoms with E-state index in [9.17, 15) is 22.0 Å². The number of nitrogens with one attached hydrogen (secondary N) is 2. The number of sulfonamides is 1.